The highest BCUT2D eigenvalue weighted by atomic mass is 32.1. The van der Waals surface area contributed by atoms with E-state index in [9.17, 15) is 18.0 Å². The van der Waals surface area contributed by atoms with Crippen molar-refractivity contribution in [2.75, 3.05) is 0 Å². The van der Waals surface area contributed by atoms with Gasteiger partial charge in [-0.1, -0.05) is 18.2 Å². The van der Waals surface area contributed by atoms with Crippen LogP contribution in [-0.4, -0.2) is 15.7 Å². The van der Waals surface area contributed by atoms with Gasteiger partial charge >= 0.3 is 6.18 Å². The van der Waals surface area contributed by atoms with Crippen LogP contribution in [0.5, 0.6) is 0 Å². The molecular weight excluding hydrogens is 289 g/mol. The molecule has 0 atom stereocenters. The van der Waals surface area contributed by atoms with Crippen molar-refractivity contribution in [3.05, 3.63) is 47.1 Å². The van der Waals surface area contributed by atoms with E-state index >= 15 is 0 Å². The van der Waals surface area contributed by atoms with Gasteiger partial charge in [-0.05, 0) is 6.07 Å². The summed E-state index contributed by atoms with van der Waals surface area (Å²) in [6.07, 6.45) is -2.36. The maximum absolute atomic E-state index is 13.0. The number of fused-ring (bicyclic) bond motifs is 1. The zero-order valence-corrected chi connectivity index (χ0v) is 10.7. The van der Waals surface area contributed by atoms with E-state index in [4.69, 9.17) is 0 Å². The molecular formula is C13H7F3N2OS. The molecule has 0 radical (unpaired) electrons. The van der Waals surface area contributed by atoms with Crippen molar-refractivity contribution in [2.24, 2.45) is 0 Å². The van der Waals surface area contributed by atoms with Crippen molar-refractivity contribution in [2.45, 2.75) is 6.18 Å². The summed E-state index contributed by atoms with van der Waals surface area (Å²) in [5.41, 5.74) is -0.704. The number of rotatable bonds is 2. The monoisotopic (exact) mass is 296 g/mol. The zero-order valence-electron chi connectivity index (χ0n) is 9.89. The van der Waals surface area contributed by atoms with Crippen molar-refractivity contribution in [3.8, 4) is 11.3 Å². The summed E-state index contributed by atoms with van der Waals surface area (Å²) in [6, 6.07) is 5.11. The average molecular weight is 296 g/mol. The minimum Gasteiger partial charge on any atom is -0.296 e. The summed E-state index contributed by atoms with van der Waals surface area (Å²) < 4.78 is 40.6. The molecule has 2 aromatic heterocycles. The lowest BCUT2D eigenvalue weighted by Gasteiger charge is -2.11. The Hall–Kier alpha value is -2.15. The molecule has 3 aromatic rings. The number of benzene rings is 1. The standard InChI is InChI=1S/C13H7F3N2OS/c14-13(15,16)9-4-2-1-3-8(9)11-10(7-19)18-5-6-20-12(18)17-11/h1-7H. The van der Waals surface area contributed by atoms with Crippen molar-refractivity contribution in [3.63, 3.8) is 0 Å². The van der Waals surface area contributed by atoms with Crippen molar-refractivity contribution in [1.82, 2.24) is 9.38 Å². The van der Waals surface area contributed by atoms with Crippen LogP contribution in [0.25, 0.3) is 16.2 Å². The first-order valence-electron chi connectivity index (χ1n) is 5.59. The van der Waals surface area contributed by atoms with Crippen LogP contribution in [0.2, 0.25) is 0 Å². The predicted molar refractivity (Wildman–Crippen MR) is 68.9 cm³/mol. The highest BCUT2D eigenvalue weighted by Crippen LogP contribution is 2.37. The lowest BCUT2D eigenvalue weighted by atomic mass is 10.0. The first-order chi connectivity index (χ1) is 9.52. The highest BCUT2D eigenvalue weighted by Gasteiger charge is 2.34. The molecule has 0 bridgehead atoms. The van der Waals surface area contributed by atoms with E-state index in [2.05, 4.69) is 4.98 Å². The van der Waals surface area contributed by atoms with Gasteiger partial charge in [0.1, 0.15) is 11.4 Å². The number of aromatic nitrogens is 2. The molecule has 0 unspecified atom stereocenters. The zero-order chi connectivity index (χ0) is 14.3. The lowest BCUT2D eigenvalue weighted by Crippen LogP contribution is -2.07. The van der Waals surface area contributed by atoms with E-state index in [0.29, 0.717) is 11.2 Å². The van der Waals surface area contributed by atoms with Gasteiger partial charge in [-0.3, -0.25) is 9.20 Å². The quantitative estimate of drug-likeness (QED) is 0.672. The summed E-state index contributed by atoms with van der Waals surface area (Å²) >= 11 is 1.26. The van der Waals surface area contributed by atoms with Crippen LogP contribution in [0.15, 0.2) is 35.8 Å². The van der Waals surface area contributed by atoms with E-state index in [1.165, 1.54) is 33.9 Å². The molecule has 0 fully saturated rings. The summed E-state index contributed by atoms with van der Waals surface area (Å²) in [5.74, 6) is 0. The smallest absolute Gasteiger partial charge is 0.296 e. The third-order valence-electron chi connectivity index (χ3n) is 2.90. The van der Waals surface area contributed by atoms with Gasteiger partial charge in [-0.2, -0.15) is 13.2 Å². The van der Waals surface area contributed by atoms with Crippen LogP contribution in [0.4, 0.5) is 13.2 Å². The molecule has 0 spiro atoms. The molecule has 7 heteroatoms. The lowest BCUT2D eigenvalue weighted by molar-refractivity contribution is -0.137. The largest absolute Gasteiger partial charge is 0.417 e. The van der Waals surface area contributed by atoms with Crippen LogP contribution in [0, 0.1) is 0 Å². The summed E-state index contributed by atoms with van der Waals surface area (Å²) in [5, 5.41) is 1.72. The first-order valence-corrected chi connectivity index (χ1v) is 6.47. The number of thiazole rings is 1. The molecule has 102 valence electrons. The Morgan fingerprint density at radius 3 is 2.70 bits per heavy atom. The molecule has 0 aliphatic rings. The van der Waals surface area contributed by atoms with E-state index in [1.54, 1.807) is 11.6 Å². The number of hydrogen-bond donors (Lipinski definition) is 0. The topological polar surface area (TPSA) is 34.4 Å². The van der Waals surface area contributed by atoms with E-state index in [0.717, 1.165) is 6.07 Å². The fourth-order valence-electron chi connectivity index (χ4n) is 2.05. The molecule has 0 saturated carbocycles. The van der Waals surface area contributed by atoms with Gasteiger partial charge in [0.25, 0.3) is 0 Å². The van der Waals surface area contributed by atoms with Crippen molar-refractivity contribution >= 4 is 22.6 Å². The SMILES string of the molecule is O=Cc1c(-c2ccccc2C(F)(F)F)nc2sccn12. The Kier molecular flexibility index (Phi) is 2.86. The Balaban J connectivity index is 2.31. The number of carbonyl (C=O) groups excluding carboxylic acids is 1. The second-order valence-corrected chi connectivity index (χ2v) is 4.94. The molecule has 0 amide bonds. The van der Waals surface area contributed by atoms with Crippen LogP contribution in [0.1, 0.15) is 16.1 Å². The fraction of sp³-hybridized carbons (Fsp3) is 0.0769. The van der Waals surface area contributed by atoms with Crippen molar-refractivity contribution < 1.29 is 18.0 Å². The molecule has 3 nitrogen and oxygen atoms in total. The second-order valence-electron chi connectivity index (χ2n) is 4.06. The van der Waals surface area contributed by atoms with Crippen LogP contribution >= 0.6 is 11.3 Å². The fourth-order valence-corrected chi connectivity index (χ4v) is 2.77. The number of alkyl halides is 3. The van der Waals surface area contributed by atoms with Gasteiger partial charge in [0, 0.05) is 17.1 Å². The molecule has 0 N–H and O–H groups in total. The van der Waals surface area contributed by atoms with Gasteiger partial charge in [-0.15, -0.1) is 11.3 Å². The van der Waals surface area contributed by atoms with Crippen molar-refractivity contribution in [1.29, 1.82) is 0 Å². The number of aldehydes is 1. The minimum absolute atomic E-state index is 0.0553. The Morgan fingerprint density at radius 1 is 1.25 bits per heavy atom. The molecule has 1 aromatic carbocycles. The maximum atomic E-state index is 13.0. The van der Waals surface area contributed by atoms with Gasteiger partial charge < -0.3 is 0 Å². The summed E-state index contributed by atoms with van der Waals surface area (Å²) in [4.78, 5) is 15.8. The van der Waals surface area contributed by atoms with E-state index in [-0.39, 0.29) is 17.0 Å². The molecule has 0 aliphatic heterocycles. The first kappa shape index (κ1) is 12.9. The van der Waals surface area contributed by atoms with Gasteiger partial charge in [0.2, 0.25) is 0 Å². The summed E-state index contributed by atoms with van der Waals surface area (Å²) in [6.45, 7) is 0. The maximum Gasteiger partial charge on any atom is 0.417 e. The number of carbonyl (C=O) groups is 1. The summed E-state index contributed by atoms with van der Waals surface area (Å²) in [7, 11) is 0. The van der Waals surface area contributed by atoms with Gasteiger partial charge in [-0.25, -0.2) is 4.98 Å². The number of nitrogens with zero attached hydrogens (tertiary/aromatic N) is 2. The Morgan fingerprint density at radius 2 is 2.00 bits per heavy atom. The third-order valence-corrected chi connectivity index (χ3v) is 3.65. The Bertz CT molecular complexity index is 788. The number of halogens is 3. The minimum atomic E-state index is -4.49. The predicted octanol–water partition coefficient (Wildman–Crippen LogP) is 3.89. The van der Waals surface area contributed by atoms with E-state index in [1.807, 2.05) is 0 Å². The third kappa shape index (κ3) is 1.90. The molecule has 2 heterocycles. The number of imidazole rings is 1. The van der Waals surface area contributed by atoms with Gasteiger partial charge in [0.15, 0.2) is 11.2 Å². The second kappa shape index (κ2) is 4.45. The number of hydrogen-bond acceptors (Lipinski definition) is 3. The highest BCUT2D eigenvalue weighted by molar-refractivity contribution is 7.15. The van der Waals surface area contributed by atoms with Crippen LogP contribution in [0.3, 0.4) is 0 Å². The average Bonchev–Trinajstić information content (AvgIpc) is 2.97. The molecule has 20 heavy (non-hydrogen) atoms. The molecule has 0 aliphatic carbocycles. The Labute approximate surface area is 115 Å². The van der Waals surface area contributed by atoms with Gasteiger partial charge in [0.05, 0.1) is 5.56 Å². The van der Waals surface area contributed by atoms with Crippen LogP contribution in [-0.2, 0) is 6.18 Å². The molecule has 0 saturated heterocycles. The molecule has 3 rings (SSSR count). The van der Waals surface area contributed by atoms with Crippen LogP contribution < -0.4 is 0 Å². The van der Waals surface area contributed by atoms with E-state index < -0.39 is 11.7 Å². The normalized spacial score (nSPS) is 11.9.